The average Bonchev–Trinajstić information content (AvgIpc) is 2.86. The highest BCUT2D eigenvalue weighted by atomic mass is 16.5. The molecule has 16 heavy (non-hydrogen) atoms. The number of carbonyl (C=O) groups is 1. The largest absolute Gasteiger partial charge is 0.462 e. The maximum absolute atomic E-state index is 11.6. The number of esters is 1. The minimum atomic E-state index is -0.283. The number of ether oxygens (including phenoxy) is 1. The summed E-state index contributed by atoms with van der Waals surface area (Å²) in [5, 5.41) is 0. The molecular weight excluding hydrogens is 204 g/mol. The van der Waals surface area contributed by atoms with E-state index >= 15 is 0 Å². The fourth-order valence-electron chi connectivity index (χ4n) is 1.68. The summed E-state index contributed by atoms with van der Waals surface area (Å²) in [6.07, 6.45) is 3.53. The zero-order chi connectivity index (χ0) is 11.5. The molecule has 0 saturated heterocycles. The summed E-state index contributed by atoms with van der Waals surface area (Å²) in [4.78, 5) is 17.8. The van der Waals surface area contributed by atoms with E-state index in [4.69, 9.17) is 4.74 Å². The van der Waals surface area contributed by atoms with Crippen LogP contribution in [0.5, 0.6) is 0 Å². The van der Waals surface area contributed by atoms with Crippen LogP contribution in [0, 0.1) is 6.92 Å². The molecular formula is C12H14N2O2. The molecule has 0 saturated carbocycles. The van der Waals surface area contributed by atoms with E-state index in [1.807, 2.05) is 25.3 Å². The van der Waals surface area contributed by atoms with Crippen LogP contribution in [0.2, 0.25) is 0 Å². The molecule has 0 bridgehead atoms. The number of carbonyl (C=O) groups excluding carboxylic acids is 1. The molecule has 0 fully saturated rings. The second kappa shape index (κ2) is 4.26. The van der Waals surface area contributed by atoms with E-state index in [2.05, 4.69) is 9.97 Å². The SMILES string of the molecule is CCOC(=O)c1c[nH]c(-c2ccc[nH]2)c1C. The molecule has 0 unspecified atom stereocenters. The summed E-state index contributed by atoms with van der Waals surface area (Å²) in [7, 11) is 0. The van der Waals surface area contributed by atoms with Gasteiger partial charge in [0.2, 0.25) is 0 Å². The van der Waals surface area contributed by atoms with Crippen LogP contribution in [-0.2, 0) is 4.74 Å². The summed E-state index contributed by atoms with van der Waals surface area (Å²) in [6.45, 7) is 4.09. The lowest BCUT2D eigenvalue weighted by molar-refractivity contribution is 0.0526. The van der Waals surface area contributed by atoms with Gasteiger partial charge in [-0.2, -0.15) is 0 Å². The highest BCUT2D eigenvalue weighted by Gasteiger charge is 2.15. The normalized spacial score (nSPS) is 10.4. The van der Waals surface area contributed by atoms with Gasteiger partial charge in [-0.05, 0) is 31.5 Å². The number of aromatic amines is 2. The third kappa shape index (κ3) is 1.74. The summed E-state index contributed by atoms with van der Waals surface area (Å²) in [5.41, 5.74) is 3.38. The zero-order valence-electron chi connectivity index (χ0n) is 9.33. The van der Waals surface area contributed by atoms with E-state index < -0.39 is 0 Å². The molecule has 0 aliphatic carbocycles. The summed E-state index contributed by atoms with van der Waals surface area (Å²) >= 11 is 0. The monoisotopic (exact) mass is 218 g/mol. The van der Waals surface area contributed by atoms with Crippen molar-refractivity contribution < 1.29 is 9.53 Å². The van der Waals surface area contributed by atoms with Gasteiger partial charge in [-0.25, -0.2) is 4.79 Å². The van der Waals surface area contributed by atoms with Crippen LogP contribution in [0.25, 0.3) is 11.4 Å². The molecule has 2 aromatic heterocycles. The predicted molar refractivity (Wildman–Crippen MR) is 61.3 cm³/mol. The van der Waals surface area contributed by atoms with Gasteiger partial charge in [-0.3, -0.25) is 0 Å². The molecule has 0 aliphatic rings. The third-order valence-electron chi connectivity index (χ3n) is 2.50. The quantitative estimate of drug-likeness (QED) is 0.777. The van der Waals surface area contributed by atoms with Crippen LogP contribution < -0.4 is 0 Å². The van der Waals surface area contributed by atoms with Gasteiger partial charge in [0, 0.05) is 12.4 Å². The van der Waals surface area contributed by atoms with Crippen molar-refractivity contribution in [1.82, 2.24) is 9.97 Å². The summed E-state index contributed by atoms with van der Waals surface area (Å²) in [5.74, 6) is -0.283. The van der Waals surface area contributed by atoms with Gasteiger partial charge in [0.25, 0.3) is 0 Å². The smallest absolute Gasteiger partial charge is 0.339 e. The minimum absolute atomic E-state index is 0.283. The van der Waals surface area contributed by atoms with Crippen LogP contribution in [0.4, 0.5) is 0 Å². The van der Waals surface area contributed by atoms with Gasteiger partial charge in [-0.15, -0.1) is 0 Å². The molecule has 0 amide bonds. The van der Waals surface area contributed by atoms with E-state index in [0.29, 0.717) is 12.2 Å². The fourth-order valence-corrected chi connectivity index (χ4v) is 1.68. The topological polar surface area (TPSA) is 57.9 Å². The molecule has 0 radical (unpaired) electrons. The lowest BCUT2D eigenvalue weighted by atomic mass is 10.1. The van der Waals surface area contributed by atoms with E-state index in [9.17, 15) is 4.79 Å². The Hall–Kier alpha value is -1.97. The van der Waals surface area contributed by atoms with Gasteiger partial charge in [0.1, 0.15) is 0 Å². The number of hydrogen-bond acceptors (Lipinski definition) is 2. The minimum Gasteiger partial charge on any atom is -0.462 e. The van der Waals surface area contributed by atoms with Crippen molar-refractivity contribution in [3.05, 3.63) is 35.7 Å². The zero-order valence-corrected chi connectivity index (χ0v) is 9.33. The highest BCUT2D eigenvalue weighted by Crippen LogP contribution is 2.23. The van der Waals surface area contributed by atoms with Crippen LogP contribution in [0.3, 0.4) is 0 Å². The molecule has 4 nitrogen and oxygen atoms in total. The second-order valence-corrected chi connectivity index (χ2v) is 3.51. The Morgan fingerprint density at radius 2 is 2.25 bits per heavy atom. The lowest BCUT2D eigenvalue weighted by Gasteiger charge is -2.01. The maximum Gasteiger partial charge on any atom is 0.339 e. The molecule has 2 heterocycles. The number of H-pyrrole nitrogens is 2. The molecule has 0 aliphatic heterocycles. The molecule has 4 heteroatoms. The fraction of sp³-hybridized carbons (Fsp3) is 0.250. The Balaban J connectivity index is 2.35. The number of nitrogens with one attached hydrogen (secondary N) is 2. The first-order valence-electron chi connectivity index (χ1n) is 5.23. The third-order valence-corrected chi connectivity index (χ3v) is 2.50. The first kappa shape index (κ1) is 10.5. The predicted octanol–water partition coefficient (Wildman–Crippen LogP) is 2.49. The van der Waals surface area contributed by atoms with Gasteiger partial charge >= 0.3 is 5.97 Å². The van der Waals surface area contributed by atoms with Gasteiger partial charge in [-0.1, -0.05) is 0 Å². The molecule has 2 N–H and O–H groups in total. The molecule has 2 aromatic rings. The van der Waals surface area contributed by atoms with Gasteiger partial charge < -0.3 is 14.7 Å². The van der Waals surface area contributed by atoms with Crippen molar-refractivity contribution >= 4 is 5.97 Å². The van der Waals surface area contributed by atoms with Crippen molar-refractivity contribution in [2.24, 2.45) is 0 Å². The van der Waals surface area contributed by atoms with Crippen LogP contribution in [0.1, 0.15) is 22.8 Å². The molecule has 2 rings (SSSR count). The first-order valence-corrected chi connectivity index (χ1v) is 5.23. The van der Waals surface area contributed by atoms with Crippen molar-refractivity contribution in [2.45, 2.75) is 13.8 Å². The number of rotatable bonds is 3. The second-order valence-electron chi connectivity index (χ2n) is 3.51. The Bertz CT molecular complexity index is 483. The van der Waals surface area contributed by atoms with Gasteiger partial charge in [0.15, 0.2) is 0 Å². The van der Waals surface area contributed by atoms with Crippen LogP contribution in [-0.4, -0.2) is 22.5 Å². The summed E-state index contributed by atoms with van der Waals surface area (Å²) < 4.78 is 4.97. The van der Waals surface area contributed by atoms with E-state index in [-0.39, 0.29) is 5.97 Å². The molecule has 84 valence electrons. The number of aromatic nitrogens is 2. The Morgan fingerprint density at radius 3 is 2.88 bits per heavy atom. The van der Waals surface area contributed by atoms with Crippen LogP contribution in [0.15, 0.2) is 24.5 Å². The van der Waals surface area contributed by atoms with Crippen molar-refractivity contribution in [3.63, 3.8) is 0 Å². The standard InChI is InChI=1S/C12H14N2O2/c1-3-16-12(15)9-7-14-11(8(9)2)10-5-4-6-13-10/h4-7,13-14H,3H2,1-2H3. The lowest BCUT2D eigenvalue weighted by Crippen LogP contribution is -2.04. The average molecular weight is 218 g/mol. The Labute approximate surface area is 93.6 Å². The summed E-state index contributed by atoms with van der Waals surface area (Å²) in [6, 6.07) is 3.87. The van der Waals surface area contributed by atoms with Crippen molar-refractivity contribution in [3.8, 4) is 11.4 Å². The maximum atomic E-state index is 11.6. The highest BCUT2D eigenvalue weighted by molar-refractivity contribution is 5.93. The molecule has 0 spiro atoms. The van der Waals surface area contributed by atoms with Crippen LogP contribution >= 0.6 is 0 Å². The first-order chi connectivity index (χ1) is 7.74. The van der Waals surface area contributed by atoms with Crippen molar-refractivity contribution in [1.29, 1.82) is 0 Å². The number of hydrogen-bond donors (Lipinski definition) is 2. The van der Waals surface area contributed by atoms with E-state index in [1.165, 1.54) is 0 Å². The Morgan fingerprint density at radius 1 is 1.44 bits per heavy atom. The van der Waals surface area contributed by atoms with E-state index in [1.54, 1.807) is 13.1 Å². The molecule has 0 atom stereocenters. The molecule has 0 aromatic carbocycles. The van der Waals surface area contributed by atoms with Gasteiger partial charge in [0.05, 0.1) is 23.6 Å². The Kier molecular flexibility index (Phi) is 2.81. The van der Waals surface area contributed by atoms with E-state index in [0.717, 1.165) is 17.0 Å². The van der Waals surface area contributed by atoms with Crippen molar-refractivity contribution in [2.75, 3.05) is 6.61 Å².